The number of amides is 1. The van der Waals surface area contributed by atoms with Crippen molar-refractivity contribution >= 4 is 27.6 Å². The van der Waals surface area contributed by atoms with E-state index in [4.69, 9.17) is 16.9 Å². The van der Waals surface area contributed by atoms with Gasteiger partial charge in [0.1, 0.15) is 6.04 Å². The standard InChI is InChI=1S/C15H25N5O3S/c1-2-3-4-9-24(22,23)20-13(14(16)21)10-11-5-7-12(8-6-11)19-15(17)18/h5-8,13,20H,2-4,9-10H2,1H3,(H2,16,21)(H4,17,18,19). The Kier molecular flexibility index (Phi) is 7.66. The van der Waals surface area contributed by atoms with Crippen molar-refractivity contribution in [1.82, 2.24) is 4.72 Å². The minimum Gasteiger partial charge on any atom is -0.370 e. The largest absolute Gasteiger partial charge is 0.370 e. The minimum absolute atomic E-state index is 0.0217. The van der Waals surface area contributed by atoms with E-state index in [-0.39, 0.29) is 18.1 Å². The maximum atomic E-state index is 12.0. The number of guanidine groups is 1. The number of anilines is 1. The number of rotatable bonds is 10. The quantitative estimate of drug-likeness (QED) is 0.235. The second-order valence-electron chi connectivity index (χ2n) is 5.54. The minimum atomic E-state index is -3.55. The highest BCUT2D eigenvalue weighted by molar-refractivity contribution is 7.89. The maximum Gasteiger partial charge on any atom is 0.235 e. The SMILES string of the molecule is CCCCCS(=O)(=O)NC(Cc1ccc(NC(=N)N)cc1)C(N)=O. The number of hydrogen-bond acceptors (Lipinski definition) is 4. The number of primary amides is 1. The third kappa shape index (κ3) is 7.42. The van der Waals surface area contributed by atoms with Crippen LogP contribution in [0.5, 0.6) is 0 Å². The van der Waals surface area contributed by atoms with Crippen molar-refractivity contribution < 1.29 is 13.2 Å². The van der Waals surface area contributed by atoms with Crippen LogP contribution in [0.4, 0.5) is 5.69 Å². The Morgan fingerprint density at radius 1 is 1.21 bits per heavy atom. The van der Waals surface area contributed by atoms with E-state index in [0.29, 0.717) is 12.1 Å². The summed E-state index contributed by atoms with van der Waals surface area (Å²) in [4.78, 5) is 11.6. The molecule has 24 heavy (non-hydrogen) atoms. The molecule has 0 heterocycles. The summed E-state index contributed by atoms with van der Waals surface area (Å²) >= 11 is 0. The number of benzene rings is 1. The average molecular weight is 355 g/mol. The van der Waals surface area contributed by atoms with Crippen molar-refractivity contribution in [2.24, 2.45) is 11.5 Å². The molecule has 9 heteroatoms. The van der Waals surface area contributed by atoms with Crippen molar-refractivity contribution in [2.45, 2.75) is 38.6 Å². The molecular weight excluding hydrogens is 330 g/mol. The molecule has 0 bridgehead atoms. The molecule has 0 aliphatic rings. The molecule has 0 fully saturated rings. The molecule has 0 aliphatic carbocycles. The summed E-state index contributed by atoms with van der Waals surface area (Å²) in [7, 11) is -3.55. The first-order valence-corrected chi connectivity index (χ1v) is 9.38. The Morgan fingerprint density at radius 2 is 1.83 bits per heavy atom. The number of sulfonamides is 1. The van der Waals surface area contributed by atoms with Crippen molar-refractivity contribution in [2.75, 3.05) is 11.1 Å². The van der Waals surface area contributed by atoms with Gasteiger partial charge in [-0.3, -0.25) is 10.2 Å². The van der Waals surface area contributed by atoms with Crippen molar-refractivity contribution in [3.63, 3.8) is 0 Å². The van der Waals surface area contributed by atoms with Crippen LogP contribution in [-0.2, 0) is 21.2 Å². The van der Waals surface area contributed by atoms with Gasteiger partial charge in [0.2, 0.25) is 15.9 Å². The molecule has 8 nitrogen and oxygen atoms in total. The molecule has 7 N–H and O–H groups in total. The molecule has 1 amide bonds. The summed E-state index contributed by atoms with van der Waals surface area (Å²) in [5.41, 5.74) is 11.9. The summed E-state index contributed by atoms with van der Waals surface area (Å²) in [5.74, 6) is -0.927. The molecule has 0 aromatic heterocycles. The van der Waals surface area contributed by atoms with Gasteiger partial charge in [-0.15, -0.1) is 0 Å². The second-order valence-corrected chi connectivity index (χ2v) is 7.41. The van der Waals surface area contributed by atoms with Gasteiger partial charge >= 0.3 is 0 Å². The van der Waals surface area contributed by atoms with Crippen LogP contribution in [-0.4, -0.2) is 32.1 Å². The van der Waals surface area contributed by atoms with Crippen LogP contribution >= 0.6 is 0 Å². The van der Waals surface area contributed by atoms with Gasteiger partial charge in [-0.2, -0.15) is 0 Å². The van der Waals surface area contributed by atoms with E-state index in [0.717, 1.165) is 18.4 Å². The van der Waals surface area contributed by atoms with E-state index in [1.165, 1.54) is 0 Å². The van der Waals surface area contributed by atoms with Gasteiger partial charge < -0.3 is 16.8 Å². The molecule has 134 valence electrons. The lowest BCUT2D eigenvalue weighted by Gasteiger charge is -2.16. The Labute approximate surface area is 142 Å². The fourth-order valence-corrected chi connectivity index (χ4v) is 3.47. The summed E-state index contributed by atoms with van der Waals surface area (Å²) in [6.45, 7) is 1.98. The predicted molar refractivity (Wildman–Crippen MR) is 95.1 cm³/mol. The monoisotopic (exact) mass is 355 g/mol. The Morgan fingerprint density at radius 3 is 2.33 bits per heavy atom. The molecule has 1 atom stereocenters. The molecule has 1 rings (SSSR count). The van der Waals surface area contributed by atoms with Gasteiger partial charge in [0.05, 0.1) is 5.75 Å². The van der Waals surface area contributed by atoms with Crippen LogP contribution in [0.3, 0.4) is 0 Å². The highest BCUT2D eigenvalue weighted by Gasteiger charge is 2.22. The molecule has 0 spiro atoms. The fraction of sp³-hybridized carbons (Fsp3) is 0.467. The van der Waals surface area contributed by atoms with Gasteiger partial charge in [-0.1, -0.05) is 31.9 Å². The van der Waals surface area contributed by atoms with E-state index in [2.05, 4.69) is 10.0 Å². The summed E-state index contributed by atoms with van der Waals surface area (Å²) in [5, 5.41) is 9.78. The van der Waals surface area contributed by atoms with Crippen LogP contribution in [0, 0.1) is 5.41 Å². The van der Waals surface area contributed by atoms with Crippen molar-refractivity contribution in [3.05, 3.63) is 29.8 Å². The Balaban J connectivity index is 2.72. The van der Waals surface area contributed by atoms with E-state index in [1.807, 2.05) is 6.92 Å². The van der Waals surface area contributed by atoms with E-state index in [1.54, 1.807) is 24.3 Å². The highest BCUT2D eigenvalue weighted by atomic mass is 32.2. The van der Waals surface area contributed by atoms with Gasteiger partial charge in [0.25, 0.3) is 0 Å². The van der Waals surface area contributed by atoms with Crippen LogP contribution in [0.2, 0.25) is 0 Å². The summed E-state index contributed by atoms with van der Waals surface area (Å²) in [6.07, 6.45) is 2.42. The van der Waals surface area contributed by atoms with Crippen LogP contribution < -0.4 is 21.5 Å². The van der Waals surface area contributed by atoms with Crippen LogP contribution in [0.15, 0.2) is 24.3 Å². The van der Waals surface area contributed by atoms with E-state index < -0.39 is 22.0 Å². The topological polar surface area (TPSA) is 151 Å². The Bertz CT molecular complexity index is 658. The molecule has 0 saturated heterocycles. The van der Waals surface area contributed by atoms with Crippen LogP contribution in [0.1, 0.15) is 31.7 Å². The number of unbranched alkanes of at least 4 members (excludes halogenated alkanes) is 2. The fourth-order valence-electron chi connectivity index (χ4n) is 2.13. The molecule has 1 unspecified atom stereocenters. The number of nitrogens with two attached hydrogens (primary N) is 2. The van der Waals surface area contributed by atoms with Gasteiger partial charge in [0, 0.05) is 5.69 Å². The smallest absolute Gasteiger partial charge is 0.235 e. The molecule has 1 aromatic carbocycles. The molecule has 0 radical (unpaired) electrons. The van der Waals surface area contributed by atoms with E-state index >= 15 is 0 Å². The number of nitrogens with one attached hydrogen (secondary N) is 3. The summed E-state index contributed by atoms with van der Waals surface area (Å²) in [6, 6.07) is 5.80. The first kappa shape index (κ1) is 19.9. The lowest BCUT2D eigenvalue weighted by atomic mass is 10.1. The molecular formula is C15H25N5O3S. The van der Waals surface area contributed by atoms with Gasteiger partial charge in [-0.25, -0.2) is 13.1 Å². The molecule has 1 aromatic rings. The van der Waals surface area contributed by atoms with Gasteiger partial charge in [-0.05, 0) is 30.5 Å². The van der Waals surface area contributed by atoms with Crippen molar-refractivity contribution in [1.29, 1.82) is 5.41 Å². The number of carbonyl (C=O) groups excluding carboxylic acids is 1. The number of carbonyl (C=O) groups is 1. The average Bonchev–Trinajstić information content (AvgIpc) is 2.47. The zero-order valence-electron chi connectivity index (χ0n) is 13.7. The first-order chi connectivity index (χ1) is 11.2. The number of hydrogen-bond donors (Lipinski definition) is 5. The summed E-state index contributed by atoms with van der Waals surface area (Å²) < 4.78 is 26.4. The second kappa shape index (κ2) is 9.24. The molecule has 0 aliphatic heterocycles. The Hall–Kier alpha value is -2.13. The normalized spacial score (nSPS) is 12.5. The van der Waals surface area contributed by atoms with Crippen LogP contribution in [0.25, 0.3) is 0 Å². The van der Waals surface area contributed by atoms with Crippen molar-refractivity contribution in [3.8, 4) is 0 Å². The highest BCUT2D eigenvalue weighted by Crippen LogP contribution is 2.11. The predicted octanol–water partition coefficient (Wildman–Crippen LogP) is 0.498. The lowest BCUT2D eigenvalue weighted by Crippen LogP contribution is -2.46. The van der Waals surface area contributed by atoms with Gasteiger partial charge in [0.15, 0.2) is 5.96 Å². The first-order valence-electron chi connectivity index (χ1n) is 7.73. The van der Waals surface area contributed by atoms with E-state index in [9.17, 15) is 13.2 Å². The zero-order chi connectivity index (χ0) is 18.2. The third-order valence-corrected chi connectivity index (χ3v) is 4.82. The zero-order valence-corrected chi connectivity index (χ0v) is 14.5. The maximum absolute atomic E-state index is 12.0. The lowest BCUT2D eigenvalue weighted by molar-refractivity contribution is -0.119. The molecule has 0 saturated carbocycles. The third-order valence-electron chi connectivity index (χ3n) is 3.35.